The van der Waals surface area contributed by atoms with Crippen LogP contribution in [0.2, 0.25) is 0 Å². The molecular weight excluding hydrogens is 202 g/mol. The molecule has 3 heteroatoms. The molecule has 1 atom stereocenters. The van der Waals surface area contributed by atoms with Crippen LogP contribution < -0.4 is 10.5 Å². The van der Waals surface area contributed by atoms with Crippen molar-refractivity contribution in [3.63, 3.8) is 0 Å². The van der Waals surface area contributed by atoms with Crippen molar-refractivity contribution in [2.24, 2.45) is 5.73 Å². The van der Waals surface area contributed by atoms with Crippen LogP contribution in [0, 0.1) is 0 Å². The van der Waals surface area contributed by atoms with E-state index in [0.717, 1.165) is 18.8 Å². The summed E-state index contributed by atoms with van der Waals surface area (Å²) >= 11 is 0. The second kappa shape index (κ2) is 7.25. The molecule has 1 aromatic rings. The SMILES string of the molecule is CCCOc1ccc(C(CN)CCO)cc1. The summed E-state index contributed by atoms with van der Waals surface area (Å²) in [5.74, 6) is 1.13. The Hall–Kier alpha value is -1.06. The zero-order valence-electron chi connectivity index (χ0n) is 9.86. The zero-order valence-corrected chi connectivity index (χ0v) is 9.86. The zero-order chi connectivity index (χ0) is 11.8. The quantitative estimate of drug-likeness (QED) is 0.742. The Labute approximate surface area is 97.2 Å². The molecule has 1 unspecified atom stereocenters. The van der Waals surface area contributed by atoms with E-state index in [-0.39, 0.29) is 12.5 Å². The molecule has 0 saturated carbocycles. The van der Waals surface area contributed by atoms with Gasteiger partial charge < -0.3 is 15.6 Å². The third kappa shape index (κ3) is 3.83. The molecule has 0 aliphatic carbocycles. The van der Waals surface area contributed by atoms with E-state index in [9.17, 15) is 0 Å². The smallest absolute Gasteiger partial charge is 0.119 e. The van der Waals surface area contributed by atoms with Crippen molar-refractivity contribution in [3.8, 4) is 5.75 Å². The topological polar surface area (TPSA) is 55.5 Å². The molecule has 0 aromatic heterocycles. The molecule has 0 saturated heterocycles. The maximum atomic E-state index is 8.92. The van der Waals surface area contributed by atoms with Crippen LogP contribution in [0.25, 0.3) is 0 Å². The van der Waals surface area contributed by atoms with Crippen molar-refractivity contribution in [2.45, 2.75) is 25.7 Å². The second-order valence-electron chi connectivity index (χ2n) is 3.86. The van der Waals surface area contributed by atoms with E-state index < -0.39 is 0 Å². The maximum absolute atomic E-state index is 8.92. The number of hydrogen-bond donors (Lipinski definition) is 2. The molecule has 0 heterocycles. The van der Waals surface area contributed by atoms with Gasteiger partial charge in [0, 0.05) is 6.61 Å². The molecule has 0 radical (unpaired) electrons. The lowest BCUT2D eigenvalue weighted by Gasteiger charge is -2.14. The van der Waals surface area contributed by atoms with Crippen LogP contribution >= 0.6 is 0 Å². The molecular formula is C13H21NO2. The van der Waals surface area contributed by atoms with Crippen molar-refractivity contribution in [1.29, 1.82) is 0 Å². The number of aliphatic hydroxyl groups is 1. The first-order chi connectivity index (χ1) is 7.81. The van der Waals surface area contributed by atoms with E-state index >= 15 is 0 Å². The number of nitrogens with two attached hydrogens (primary N) is 1. The van der Waals surface area contributed by atoms with E-state index in [1.54, 1.807) is 0 Å². The fourth-order valence-corrected chi connectivity index (χ4v) is 1.63. The average Bonchev–Trinajstić information content (AvgIpc) is 2.34. The van der Waals surface area contributed by atoms with Gasteiger partial charge in [0.25, 0.3) is 0 Å². The third-order valence-electron chi connectivity index (χ3n) is 2.59. The molecule has 1 rings (SSSR count). The molecule has 16 heavy (non-hydrogen) atoms. The molecule has 90 valence electrons. The molecule has 0 aliphatic heterocycles. The highest BCUT2D eigenvalue weighted by atomic mass is 16.5. The maximum Gasteiger partial charge on any atom is 0.119 e. The molecule has 3 N–H and O–H groups in total. The van der Waals surface area contributed by atoms with Crippen LogP contribution in [-0.4, -0.2) is 24.9 Å². The molecule has 0 bridgehead atoms. The Morgan fingerprint density at radius 2 is 2.00 bits per heavy atom. The Bertz CT molecular complexity index is 284. The van der Waals surface area contributed by atoms with Crippen LogP contribution in [0.3, 0.4) is 0 Å². The highest BCUT2D eigenvalue weighted by molar-refractivity contribution is 5.29. The van der Waals surface area contributed by atoms with Crippen molar-refractivity contribution in [3.05, 3.63) is 29.8 Å². The summed E-state index contributed by atoms with van der Waals surface area (Å²) in [5, 5.41) is 8.92. The highest BCUT2D eigenvalue weighted by Gasteiger charge is 2.08. The first kappa shape index (κ1) is 13.0. The van der Waals surface area contributed by atoms with Gasteiger partial charge in [-0.15, -0.1) is 0 Å². The van der Waals surface area contributed by atoms with Gasteiger partial charge in [-0.1, -0.05) is 19.1 Å². The third-order valence-corrected chi connectivity index (χ3v) is 2.59. The van der Waals surface area contributed by atoms with Gasteiger partial charge in [-0.05, 0) is 43.0 Å². The van der Waals surface area contributed by atoms with Crippen molar-refractivity contribution in [2.75, 3.05) is 19.8 Å². The minimum atomic E-state index is 0.177. The standard InChI is InChI=1S/C13H21NO2/c1-2-9-16-13-5-3-11(4-6-13)12(10-14)7-8-15/h3-6,12,15H,2,7-10,14H2,1H3. The van der Waals surface area contributed by atoms with Gasteiger partial charge in [0.2, 0.25) is 0 Å². The van der Waals surface area contributed by atoms with Gasteiger partial charge in [-0.3, -0.25) is 0 Å². The fraction of sp³-hybridized carbons (Fsp3) is 0.538. The first-order valence-electron chi connectivity index (χ1n) is 5.85. The van der Waals surface area contributed by atoms with E-state index in [0.29, 0.717) is 13.0 Å². The molecule has 0 amide bonds. The predicted octanol–water partition coefficient (Wildman–Crippen LogP) is 1.90. The monoisotopic (exact) mass is 223 g/mol. The van der Waals surface area contributed by atoms with Crippen LogP contribution in [0.4, 0.5) is 0 Å². The summed E-state index contributed by atoms with van der Waals surface area (Å²) in [4.78, 5) is 0. The number of rotatable bonds is 7. The number of hydrogen-bond acceptors (Lipinski definition) is 3. The van der Waals surface area contributed by atoms with Gasteiger partial charge in [0.15, 0.2) is 0 Å². The normalized spacial score (nSPS) is 12.4. The Morgan fingerprint density at radius 3 is 2.50 bits per heavy atom. The van der Waals surface area contributed by atoms with E-state index in [2.05, 4.69) is 6.92 Å². The lowest BCUT2D eigenvalue weighted by molar-refractivity contribution is 0.276. The summed E-state index contributed by atoms with van der Waals surface area (Å²) < 4.78 is 5.50. The molecule has 1 aromatic carbocycles. The van der Waals surface area contributed by atoms with Crippen LogP contribution in [0.1, 0.15) is 31.2 Å². The van der Waals surface area contributed by atoms with Gasteiger partial charge >= 0.3 is 0 Å². The first-order valence-corrected chi connectivity index (χ1v) is 5.85. The van der Waals surface area contributed by atoms with Crippen molar-refractivity contribution >= 4 is 0 Å². The van der Waals surface area contributed by atoms with E-state index in [1.807, 2.05) is 24.3 Å². The number of aliphatic hydroxyl groups excluding tert-OH is 1. The van der Waals surface area contributed by atoms with Gasteiger partial charge in [-0.2, -0.15) is 0 Å². The highest BCUT2D eigenvalue weighted by Crippen LogP contribution is 2.21. The molecule has 0 fully saturated rings. The van der Waals surface area contributed by atoms with Crippen LogP contribution in [0.15, 0.2) is 24.3 Å². The van der Waals surface area contributed by atoms with Crippen LogP contribution in [0.5, 0.6) is 5.75 Å². The summed E-state index contributed by atoms with van der Waals surface area (Å²) in [5.41, 5.74) is 6.83. The second-order valence-corrected chi connectivity index (χ2v) is 3.86. The summed E-state index contributed by atoms with van der Waals surface area (Å²) in [7, 11) is 0. The summed E-state index contributed by atoms with van der Waals surface area (Å²) in [6.07, 6.45) is 1.73. The fourth-order valence-electron chi connectivity index (χ4n) is 1.63. The minimum Gasteiger partial charge on any atom is -0.494 e. The molecule has 0 aliphatic rings. The van der Waals surface area contributed by atoms with Crippen LogP contribution in [-0.2, 0) is 0 Å². The number of benzene rings is 1. The van der Waals surface area contributed by atoms with E-state index in [1.165, 1.54) is 5.56 Å². The molecule has 0 spiro atoms. The van der Waals surface area contributed by atoms with E-state index in [4.69, 9.17) is 15.6 Å². The average molecular weight is 223 g/mol. The van der Waals surface area contributed by atoms with Gasteiger partial charge in [-0.25, -0.2) is 0 Å². The largest absolute Gasteiger partial charge is 0.494 e. The summed E-state index contributed by atoms with van der Waals surface area (Å²) in [6, 6.07) is 7.98. The van der Waals surface area contributed by atoms with Crippen molar-refractivity contribution in [1.82, 2.24) is 0 Å². The lowest BCUT2D eigenvalue weighted by atomic mass is 9.96. The Kier molecular flexibility index (Phi) is 5.90. The Morgan fingerprint density at radius 1 is 1.31 bits per heavy atom. The predicted molar refractivity (Wildman–Crippen MR) is 65.7 cm³/mol. The summed E-state index contributed by atoms with van der Waals surface area (Å²) in [6.45, 7) is 3.57. The minimum absolute atomic E-state index is 0.177. The molecule has 3 nitrogen and oxygen atoms in total. The Balaban J connectivity index is 2.61. The van der Waals surface area contributed by atoms with Gasteiger partial charge in [0.1, 0.15) is 5.75 Å². The lowest BCUT2D eigenvalue weighted by Crippen LogP contribution is -2.13. The van der Waals surface area contributed by atoms with Gasteiger partial charge in [0.05, 0.1) is 6.61 Å². The number of ether oxygens (including phenoxy) is 1. The van der Waals surface area contributed by atoms with Crippen molar-refractivity contribution < 1.29 is 9.84 Å².